The molecule has 0 spiro atoms. The first kappa shape index (κ1) is 13.5. The lowest BCUT2D eigenvalue weighted by molar-refractivity contribution is 0.384. The lowest BCUT2D eigenvalue weighted by atomic mass is 10.0. The van der Waals surface area contributed by atoms with Crippen molar-refractivity contribution in [1.82, 2.24) is 10.3 Å². The smallest absolute Gasteiger partial charge is 0.217 e. The molecule has 2 aromatic rings. The maximum absolute atomic E-state index is 5.31. The third-order valence-corrected chi connectivity index (χ3v) is 4.46. The van der Waals surface area contributed by atoms with Gasteiger partial charge in [-0.25, -0.2) is 4.98 Å². The van der Waals surface area contributed by atoms with Gasteiger partial charge in [-0.05, 0) is 35.1 Å². The largest absolute Gasteiger partial charge is 0.481 e. The average molecular weight is 327 g/mol. The number of thiophene rings is 1. The zero-order chi connectivity index (χ0) is 13.0. The van der Waals surface area contributed by atoms with E-state index in [-0.39, 0.29) is 6.04 Å². The van der Waals surface area contributed by atoms with E-state index in [1.165, 1.54) is 4.88 Å². The molecule has 96 valence electrons. The van der Waals surface area contributed by atoms with Gasteiger partial charge in [0, 0.05) is 39.0 Å². The maximum Gasteiger partial charge on any atom is 0.217 e. The molecule has 2 rings (SSSR count). The van der Waals surface area contributed by atoms with Gasteiger partial charge < -0.3 is 10.1 Å². The zero-order valence-electron chi connectivity index (χ0n) is 10.3. The van der Waals surface area contributed by atoms with Crippen molar-refractivity contribution >= 4 is 27.3 Å². The molecule has 5 heteroatoms. The van der Waals surface area contributed by atoms with Crippen LogP contribution in [0.5, 0.6) is 5.88 Å². The van der Waals surface area contributed by atoms with Crippen LogP contribution in [-0.4, -0.2) is 19.1 Å². The summed E-state index contributed by atoms with van der Waals surface area (Å²) >= 11 is 5.23. The van der Waals surface area contributed by atoms with E-state index in [4.69, 9.17) is 4.74 Å². The minimum Gasteiger partial charge on any atom is -0.481 e. The number of aromatic nitrogens is 1. The van der Waals surface area contributed by atoms with Crippen molar-refractivity contribution in [3.8, 4) is 5.88 Å². The molecule has 0 fully saturated rings. The first-order valence-corrected chi connectivity index (χ1v) is 7.31. The fourth-order valence-electron chi connectivity index (χ4n) is 1.87. The summed E-state index contributed by atoms with van der Waals surface area (Å²) in [6.07, 6.45) is 2.67. The van der Waals surface area contributed by atoms with E-state index in [2.05, 4.69) is 43.7 Å². The van der Waals surface area contributed by atoms with Gasteiger partial charge >= 0.3 is 0 Å². The third-order valence-electron chi connectivity index (χ3n) is 2.74. The number of hydrogen-bond acceptors (Lipinski definition) is 4. The third kappa shape index (κ3) is 3.10. The summed E-state index contributed by atoms with van der Waals surface area (Å²) in [6, 6.07) is 6.35. The summed E-state index contributed by atoms with van der Waals surface area (Å²) in [5, 5.41) is 5.42. The lowest BCUT2D eigenvalue weighted by Crippen LogP contribution is -2.19. The molecule has 1 unspecified atom stereocenters. The molecule has 0 amide bonds. The minimum absolute atomic E-state index is 0.208. The van der Waals surface area contributed by atoms with Crippen molar-refractivity contribution in [3.05, 3.63) is 44.7 Å². The second kappa shape index (κ2) is 6.31. The Morgan fingerprint density at radius 3 is 3.00 bits per heavy atom. The monoisotopic (exact) mass is 326 g/mol. The summed E-state index contributed by atoms with van der Waals surface area (Å²) in [6.45, 7) is 0. The Kier molecular flexibility index (Phi) is 4.74. The van der Waals surface area contributed by atoms with Crippen molar-refractivity contribution in [2.24, 2.45) is 0 Å². The Hall–Kier alpha value is -0.910. The fraction of sp³-hybridized carbons (Fsp3) is 0.308. The number of methoxy groups -OCH3 is 1. The second-order valence-electron chi connectivity index (χ2n) is 3.88. The quantitative estimate of drug-likeness (QED) is 0.914. The molecule has 0 aliphatic carbocycles. The van der Waals surface area contributed by atoms with Crippen molar-refractivity contribution < 1.29 is 4.74 Å². The normalized spacial score (nSPS) is 12.4. The predicted molar refractivity (Wildman–Crippen MR) is 78.3 cm³/mol. The predicted octanol–water partition coefficient (Wildman–Crippen LogP) is 3.42. The van der Waals surface area contributed by atoms with Crippen LogP contribution in [0.4, 0.5) is 0 Å². The van der Waals surface area contributed by atoms with E-state index < -0.39 is 0 Å². The van der Waals surface area contributed by atoms with Crippen molar-refractivity contribution in [1.29, 1.82) is 0 Å². The van der Waals surface area contributed by atoms with Crippen LogP contribution in [0.25, 0.3) is 0 Å². The van der Waals surface area contributed by atoms with Crippen LogP contribution >= 0.6 is 27.3 Å². The SMILES string of the molecule is CNC(Cc1cc(Br)cs1)c1cccnc1OC. The van der Waals surface area contributed by atoms with Crippen LogP contribution in [-0.2, 0) is 6.42 Å². The molecular formula is C13H15BrN2OS. The number of hydrogen-bond donors (Lipinski definition) is 1. The fourth-order valence-corrected chi connectivity index (χ4v) is 3.37. The summed E-state index contributed by atoms with van der Waals surface area (Å²) < 4.78 is 6.45. The first-order valence-electron chi connectivity index (χ1n) is 5.63. The highest BCUT2D eigenvalue weighted by Gasteiger charge is 2.16. The molecule has 0 saturated heterocycles. The summed E-state index contributed by atoms with van der Waals surface area (Å²) in [5.74, 6) is 0.687. The van der Waals surface area contributed by atoms with E-state index >= 15 is 0 Å². The Morgan fingerprint density at radius 1 is 1.56 bits per heavy atom. The highest BCUT2D eigenvalue weighted by Crippen LogP contribution is 2.28. The molecule has 18 heavy (non-hydrogen) atoms. The molecule has 1 atom stereocenters. The van der Waals surface area contributed by atoms with Gasteiger partial charge in [0.25, 0.3) is 0 Å². The molecule has 1 N–H and O–H groups in total. The molecule has 0 bridgehead atoms. The van der Waals surface area contributed by atoms with Crippen LogP contribution in [0, 0.1) is 0 Å². The van der Waals surface area contributed by atoms with Crippen LogP contribution in [0.1, 0.15) is 16.5 Å². The van der Waals surface area contributed by atoms with Crippen LogP contribution in [0.15, 0.2) is 34.2 Å². The van der Waals surface area contributed by atoms with Gasteiger partial charge in [-0.3, -0.25) is 0 Å². The Balaban J connectivity index is 2.22. The van der Waals surface area contributed by atoms with E-state index in [1.807, 2.05) is 13.1 Å². The van der Waals surface area contributed by atoms with Gasteiger partial charge in [-0.2, -0.15) is 0 Å². The van der Waals surface area contributed by atoms with Crippen LogP contribution < -0.4 is 10.1 Å². The topological polar surface area (TPSA) is 34.2 Å². The van der Waals surface area contributed by atoms with E-state index in [0.29, 0.717) is 5.88 Å². The van der Waals surface area contributed by atoms with Gasteiger partial charge in [0.05, 0.1) is 7.11 Å². The number of nitrogens with zero attached hydrogens (tertiary/aromatic N) is 1. The Labute approximate surface area is 119 Å². The van der Waals surface area contributed by atoms with Crippen molar-refractivity contribution in [2.75, 3.05) is 14.2 Å². The van der Waals surface area contributed by atoms with E-state index in [0.717, 1.165) is 16.5 Å². The molecule has 3 nitrogen and oxygen atoms in total. The van der Waals surface area contributed by atoms with Crippen LogP contribution in [0.3, 0.4) is 0 Å². The van der Waals surface area contributed by atoms with Gasteiger partial charge in [0.1, 0.15) is 0 Å². The van der Waals surface area contributed by atoms with E-state index in [9.17, 15) is 0 Å². The molecule has 2 heterocycles. The number of nitrogens with one attached hydrogen (secondary N) is 1. The highest BCUT2D eigenvalue weighted by atomic mass is 79.9. The molecule has 0 radical (unpaired) electrons. The molecule has 0 aromatic carbocycles. The number of pyridine rings is 1. The van der Waals surface area contributed by atoms with E-state index in [1.54, 1.807) is 24.6 Å². The number of ether oxygens (including phenoxy) is 1. The lowest BCUT2D eigenvalue weighted by Gasteiger charge is -2.17. The molecular weight excluding hydrogens is 312 g/mol. The minimum atomic E-state index is 0.208. The van der Waals surface area contributed by atoms with Crippen molar-refractivity contribution in [3.63, 3.8) is 0 Å². The Morgan fingerprint density at radius 2 is 2.39 bits per heavy atom. The zero-order valence-corrected chi connectivity index (χ0v) is 12.7. The summed E-state index contributed by atoms with van der Waals surface area (Å²) in [4.78, 5) is 5.57. The van der Waals surface area contributed by atoms with Gasteiger partial charge in [0.2, 0.25) is 5.88 Å². The Bertz CT molecular complexity index is 515. The summed E-state index contributed by atoms with van der Waals surface area (Å²) in [5.41, 5.74) is 1.09. The standard InChI is InChI=1S/C13H15BrN2OS/c1-15-12(7-10-6-9(14)8-18-10)11-4-3-5-16-13(11)17-2/h3-6,8,12,15H,7H2,1-2H3. The van der Waals surface area contributed by atoms with Gasteiger partial charge in [-0.15, -0.1) is 11.3 Å². The molecule has 0 aliphatic rings. The highest BCUT2D eigenvalue weighted by molar-refractivity contribution is 9.10. The first-order chi connectivity index (χ1) is 8.74. The molecule has 0 aliphatic heterocycles. The van der Waals surface area contributed by atoms with Gasteiger partial charge in [0.15, 0.2) is 0 Å². The second-order valence-corrected chi connectivity index (χ2v) is 5.79. The molecule has 0 saturated carbocycles. The number of likely N-dealkylation sites (N-methyl/N-ethyl adjacent to an activating group) is 1. The summed E-state index contributed by atoms with van der Waals surface area (Å²) in [7, 11) is 3.61. The number of halogens is 1. The van der Waals surface area contributed by atoms with Crippen LogP contribution in [0.2, 0.25) is 0 Å². The maximum atomic E-state index is 5.31. The average Bonchev–Trinajstić information content (AvgIpc) is 2.81. The molecule has 2 aromatic heterocycles. The number of rotatable bonds is 5. The van der Waals surface area contributed by atoms with Crippen molar-refractivity contribution in [2.45, 2.75) is 12.5 Å². The van der Waals surface area contributed by atoms with Gasteiger partial charge in [-0.1, -0.05) is 6.07 Å².